The van der Waals surface area contributed by atoms with Crippen LogP contribution in [0.2, 0.25) is 5.02 Å². The van der Waals surface area contributed by atoms with Crippen LogP contribution >= 0.6 is 11.6 Å². The highest BCUT2D eigenvalue weighted by atomic mass is 35.5. The Morgan fingerprint density at radius 3 is 0.826 bits per heavy atom. The van der Waals surface area contributed by atoms with E-state index >= 15 is 0 Å². The summed E-state index contributed by atoms with van der Waals surface area (Å²) in [7, 11) is 0. The van der Waals surface area contributed by atoms with Gasteiger partial charge < -0.3 is 37.9 Å². The molecule has 0 spiro atoms. The van der Waals surface area contributed by atoms with Crippen LogP contribution in [0.1, 0.15) is 106 Å². The van der Waals surface area contributed by atoms with Gasteiger partial charge in [-0.3, -0.25) is 0 Å². The second-order valence-electron chi connectivity index (χ2n) is 35.8. The number of hydrogen-bond acceptors (Lipinski definition) is 8. The van der Waals surface area contributed by atoms with Crippen molar-refractivity contribution in [2.45, 2.75) is 79.8 Å². The maximum absolute atomic E-state index is 14.8. The largest absolute Gasteiger partial charge is 0.573 e. The predicted octanol–water partition coefficient (Wildman–Crippen LogP) is 33.5. The topological polar surface area (TPSA) is 73.8 Å². The molecule has 3 saturated heterocycles. The fraction of sp³-hybridized carbons (Fsp3) is 0.174. The van der Waals surface area contributed by atoms with Crippen LogP contribution < -0.4 is 9.47 Å². The lowest BCUT2D eigenvalue weighted by atomic mass is 9.98. The van der Waals surface area contributed by atoms with Crippen molar-refractivity contribution >= 4 is 11.6 Å². The van der Waals surface area contributed by atoms with Crippen LogP contribution in [0.5, 0.6) is 11.5 Å². The Balaban J connectivity index is 0.000000140. The zero-order valence-electron chi connectivity index (χ0n) is 80.5. The summed E-state index contributed by atoms with van der Waals surface area (Å²) in [5, 5.41) is 0.621. The number of ether oxygens (including phenoxy) is 8. The van der Waals surface area contributed by atoms with Gasteiger partial charge in [-0.15, -0.1) is 13.2 Å². The van der Waals surface area contributed by atoms with Crippen LogP contribution in [0.15, 0.2) is 309 Å². The number of rotatable bonds is 15. The molecule has 0 saturated carbocycles. The second-order valence-corrected chi connectivity index (χ2v) is 36.2. The number of aryl methyl sites for hydroxylation is 4. The van der Waals surface area contributed by atoms with E-state index in [9.17, 15) is 83.4 Å². The Kier molecular flexibility index (Phi) is 35.1. The average molecular weight is 2070 g/mol. The van der Waals surface area contributed by atoms with Crippen LogP contribution in [0, 0.1) is 151 Å². The lowest BCUT2D eigenvalue weighted by molar-refractivity contribution is -0.276. The van der Waals surface area contributed by atoms with E-state index < -0.39 is 118 Å². The van der Waals surface area contributed by atoms with Gasteiger partial charge in [0.1, 0.15) is 46.2 Å². The summed E-state index contributed by atoms with van der Waals surface area (Å²) in [5.74, 6) is -8.34. The molecule has 149 heavy (non-hydrogen) atoms. The van der Waals surface area contributed by atoms with Crippen molar-refractivity contribution in [1.82, 2.24) is 0 Å². The molecule has 3 aliphatic heterocycles. The third-order valence-electron chi connectivity index (χ3n) is 23.8. The minimum atomic E-state index is -5.26. The molecule has 16 aromatic rings. The third-order valence-corrected chi connectivity index (χ3v) is 24.1. The fourth-order valence-corrected chi connectivity index (χ4v) is 16.0. The first-order valence-electron chi connectivity index (χ1n) is 46.6. The van der Waals surface area contributed by atoms with Crippen LogP contribution in [0.25, 0.3) is 89.0 Å². The normalized spacial score (nSPS) is 15.9. The molecule has 0 radical (unpaired) electrons. The standard InChI is InChI=1S/C26H14F8O.C24H17Cl.C24H18F6O3.C24H23FO2.C23H18F4O2/c1-13-2-4-14(5-3-13)15-6-7-18(19(27)8-15)16-9-20(28)24(21(29)10-16)26(33,34)35-17-11-22(30)25(32)23(31)12-17;1-18-3-7-20(8-4-18)11-12-22-14-16-23(24(25)17-22)15-13-21-9-5-19(2)6-10-21;1-13-11-31-23(32-12-13)15-4-2-14(3-5-15)16-6-7-18(19(25)8-16)17-9-20(26)22(21(27)10-17)33-24(28,29)30;1-16-3-5-19(6-4-16)22-12-11-21(13-23(22)25)18-7-9-20(10-8-18)24-26-14-17(2)15-27-24;1-13-11-28-23(29-12-13)15-4-2-14(3-5-15)16-6-7-18(19(24)8-16)17-9-20(25)22(27)21(26)10-17/h2-12H,1H3;3-10,14,16-17H,1-2H3;2-10,13,23H,11-12H2,1H3;3-13,17,24H,14-15H2,1-2H3;2-10,13,23H,11-12H2,1H3. The molecule has 0 atom stereocenters. The molecule has 28 heteroatoms. The molecule has 0 unspecified atom stereocenters. The van der Waals surface area contributed by atoms with Crippen LogP contribution in [-0.4, -0.2) is 46.0 Å². The van der Waals surface area contributed by atoms with Crippen molar-refractivity contribution in [3.63, 3.8) is 0 Å². The SMILES string of the molecule is CC1COC(c2ccc(-c3ccc(-c4cc(F)c(F)c(F)c4)c(F)c3)cc2)OC1.CC1COC(c2ccc(-c3ccc(-c4cc(F)c(OC(F)(F)F)c(F)c4)c(F)c3)cc2)OC1.Cc1ccc(-c2ccc(-c3cc(F)c(C(F)(F)Oc4cc(F)c(F)c(F)c4)c(F)c3)c(F)c2)cc1.Cc1ccc(-c2ccc(-c3ccc(C4OCC(C)CO4)cc3)cc2F)cc1.Cc1ccc(C#Cc2ccc(C#Cc3ccc(C)cc3)c(Cl)c2)cc1. The highest BCUT2D eigenvalue weighted by Gasteiger charge is 2.42. The maximum Gasteiger partial charge on any atom is 0.573 e. The third kappa shape index (κ3) is 28.3. The lowest BCUT2D eigenvalue weighted by Crippen LogP contribution is -2.25. The minimum absolute atomic E-state index is 0.0127. The first-order chi connectivity index (χ1) is 71.2. The summed E-state index contributed by atoms with van der Waals surface area (Å²) in [6, 6.07) is 81.0. The number of hydrogen-bond donors (Lipinski definition) is 0. The van der Waals surface area contributed by atoms with Crippen molar-refractivity contribution in [1.29, 1.82) is 0 Å². The van der Waals surface area contributed by atoms with Gasteiger partial charge in [-0.05, 0) is 198 Å². The van der Waals surface area contributed by atoms with Crippen molar-refractivity contribution in [2.24, 2.45) is 17.8 Å². The quantitative estimate of drug-likeness (QED) is 0.0571. The Hall–Kier alpha value is -15.0. The van der Waals surface area contributed by atoms with E-state index in [1.807, 2.05) is 167 Å². The summed E-state index contributed by atoms with van der Waals surface area (Å²) < 4.78 is 303. The zero-order valence-corrected chi connectivity index (χ0v) is 81.2. The van der Waals surface area contributed by atoms with Gasteiger partial charge >= 0.3 is 12.5 Å². The van der Waals surface area contributed by atoms with Gasteiger partial charge in [0.2, 0.25) is 5.75 Å². The van der Waals surface area contributed by atoms with Crippen molar-refractivity contribution in [3.05, 3.63) is 463 Å². The molecule has 0 amide bonds. The van der Waals surface area contributed by atoms with Gasteiger partial charge in [-0.2, -0.15) is 8.78 Å². The molecule has 3 heterocycles. The van der Waals surface area contributed by atoms with E-state index in [4.69, 9.17) is 40.0 Å². The smallest absolute Gasteiger partial charge is 0.429 e. The molecule has 8 nitrogen and oxygen atoms in total. The van der Waals surface area contributed by atoms with E-state index in [2.05, 4.69) is 78.2 Å². The van der Waals surface area contributed by atoms with E-state index in [-0.39, 0.29) is 57.6 Å². The number of halogens is 20. The van der Waals surface area contributed by atoms with E-state index in [0.29, 0.717) is 120 Å². The molecule has 16 aromatic carbocycles. The van der Waals surface area contributed by atoms with Gasteiger partial charge in [0.05, 0.1) is 44.7 Å². The molecule has 3 aliphatic rings. The van der Waals surface area contributed by atoms with E-state index in [1.54, 1.807) is 54.6 Å². The number of alkyl halides is 5. The number of benzene rings is 16. The van der Waals surface area contributed by atoms with Crippen molar-refractivity contribution in [3.8, 4) is 124 Å². The van der Waals surface area contributed by atoms with Gasteiger partial charge in [0, 0.05) is 91.1 Å². The summed E-state index contributed by atoms with van der Waals surface area (Å²) in [5.41, 5.74) is 15.0. The van der Waals surface area contributed by atoms with E-state index in [1.165, 1.54) is 47.5 Å². The molecular formula is C121H90ClF19O8. The first-order valence-corrected chi connectivity index (χ1v) is 47.0. The highest BCUT2D eigenvalue weighted by molar-refractivity contribution is 6.31. The summed E-state index contributed by atoms with van der Waals surface area (Å²) >= 11 is 6.35. The van der Waals surface area contributed by atoms with Gasteiger partial charge in [-0.25, -0.2) is 61.5 Å². The average Bonchev–Trinajstić information content (AvgIpc) is 0.778. The lowest BCUT2D eigenvalue weighted by Gasteiger charge is -2.27. The molecular weight excluding hydrogens is 1980 g/mol. The van der Waals surface area contributed by atoms with Crippen LogP contribution in [0.4, 0.5) is 83.4 Å². The van der Waals surface area contributed by atoms with Gasteiger partial charge in [-0.1, -0.05) is 272 Å². The maximum atomic E-state index is 14.8. The summed E-state index contributed by atoms with van der Waals surface area (Å²) in [6.07, 6.45) is -11.2. The van der Waals surface area contributed by atoms with E-state index in [0.717, 1.165) is 90.5 Å². The molecule has 19 rings (SSSR count). The molecule has 3 fully saturated rings. The monoisotopic (exact) mass is 2070 g/mol. The van der Waals surface area contributed by atoms with Crippen LogP contribution in [-0.2, 0) is 34.5 Å². The molecule has 0 aromatic heterocycles. The fourth-order valence-electron chi connectivity index (χ4n) is 15.8. The summed E-state index contributed by atoms with van der Waals surface area (Å²) in [4.78, 5) is 0. The van der Waals surface area contributed by atoms with Crippen molar-refractivity contribution < 1.29 is 121 Å². The van der Waals surface area contributed by atoms with Gasteiger partial charge in [0.25, 0.3) is 0 Å². The highest BCUT2D eigenvalue weighted by Crippen LogP contribution is 2.43. The predicted molar refractivity (Wildman–Crippen MR) is 533 cm³/mol. The Morgan fingerprint density at radius 2 is 0.510 bits per heavy atom. The van der Waals surface area contributed by atoms with Crippen LogP contribution in [0.3, 0.4) is 0 Å². The molecule has 0 aliphatic carbocycles. The Labute approximate surface area is 852 Å². The molecule has 0 bridgehead atoms. The zero-order chi connectivity index (χ0) is 106. The van der Waals surface area contributed by atoms with Crippen molar-refractivity contribution in [2.75, 3.05) is 39.6 Å². The molecule has 0 N–H and O–H groups in total. The van der Waals surface area contributed by atoms with Gasteiger partial charge in [0.15, 0.2) is 65.4 Å². The molecule has 762 valence electrons. The first kappa shape index (κ1) is 108. The minimum Gasteiger partial charge on any atom is -0.429 e. The second kappa shape index (κ2) is 48.3. The summed E-state index contributed by atoms with van der Waals surface area (Å²) in [6.45, 7) is 18.0. The Bertz CT molecular complexity index is 7490. The Morgan fingerprint density at radius 1 is 0.255 bits per heavy atom.